The van der Waals surface area contributed by atoms with Gasteiger partial charge in [0.2, 0.25) is 0 Å². The summed E-state index contributed by atoms with van der Waals surface area (Å²) in [5.41, 5.74) is 2.54. The molecule has 0 spiro atoms. The van der Waals surface area contributed by atoms with Gasteiger partial charge in [-0.1, -0.05) is 59.3 Å². The van der Waals surface area contributed by atoms with Crippen LogP contribution in [0.2, 0.25) is 0 Å². The van der Waals surface area contributed by atoms with E-state index in [1.165, 1.54) is 0 Å². The van der Waals surface area contributed by atoms with Crippen LogP contribution in [0.15, 0.2) is 91.0 Å². The summed E-state index contributed by atoms with van der Waals surface area (Å²) in [5, 5.41) is 23.7. The fourth-order valence-electron chi connectivity index (χ4n) is 3.08. The van der Waals surface area contributed by atoms with Crippen molar-refractivity contribution >= 4 is 11.4 Å². The highest BCUT2D eigenvalue weighted by Gasteiger charge is 2.31. The number of nitrogens with zero attached hydrogens (tertiary/aromatic N) is 5. The van der Waals surface area contributed by atoms with Crippen LogP contribution in [0.3, 0.4) is 0 Å². The average molecular weight is 361 g/mol. The highest BCUT2D eigenvalue weighted by atomic mass is 15.4. The van der Waals surface area contributed by atoms with Crippen LogP contribution in [0.25, 0.3) is 33.7 Å². The third-order valence-electron chi connectivity index (χ3n) is 4.31. The van der Waals surface area contributed by atoms with Gasteiger partial charge in [-0.25, -0.2) is 5.87 Å². The molecule has 0 fully saturated rings. The van der Waals surface area contributed by atoms with Gasteiger partial charge in [0.05, 0.1) is 10.7 Å². The molecule has 0 bridgehead atoms. The summed E-state index contributed by atoms with van der Waals surface area (Å²) < 4.78 is 3.62. The van der Waals surface area contributed by atoms with Gasteiger partial charge in [0, 0.05) is 0 Å². The van der Waals surface area contributed by atoms with Crippen molar-refractivity contribution in [1.82, 2.24) is 9.78 Å². The predicted octanol–water partition coefficient (Wildman–Crippen LogP) is 3.96. The van der Waals surface area contributed by atoms with Gasteiger partial charge in [-0.3, -0.25) is 0 Å². The summed E-state index contributed by atoms with van der Waals surface area (Å²) in [5.74, 6) is 3.05. The van der Waals surface area contributed by atoms with Crippen molar-refractivity contribution in [3.8, 4) is 28.8 Å². The Hall–Kier alpha value is -4.26. The molecular formula is C23H15N5. The fourth-order valence-corrected chi connectivity index (χ4v) is 3.08. The van der Waals surface area contributed by atoms with E-state index in [9.17, 15) is 10.7 Å². The zero-order valence-corrected chi connectivity index (χ0v) is 14.9. The first kappa shape index (κ1) is 17.2. The third kappa shape index (κ3) is 3.01. The lowest BCUT2D eigenvalue weighted by atomic mass is 10.2. The minimum atomic E-state index is -0.0456. The molecular weight excluding hydrogens is 346 g/mol. The molecule has 4 rings (SSSR count). The van der Waals surface area contributed by atoms with E-state index >= 15 is 0 Å². The Bertz CT molecular complexity index is 1200. The largest absolute Gasteiger partial charge is 0.762 e. The van der Waals surface area contributed by atoms with E-state index < -0.39 is 0 Å². The second-order valence-corrected chi connectivity index (χ2v) is 6.03. The Morgan fingerprint density at radius 3 is 2.00 bits per heavy atom. The van der Waals surface area contributed by atoms with Gasteiger partial charge in [0.1, 0.15) is 17.4 Å². The number of rotatable bonds is 4. The third-order valence-corrected chi connectivity index (χ3v) is 4.31. The van der Waals surface area contributed by atoms with Gasteiger partial charge < -0.3 is 5.41 Å². The summed E-state index contributed by atoms with van der Waals surface area (Å²) in [6.45, 7) is 0. The fraction of sp³-hybridized carbons (Fsp3) is 0. The first-order chi connectivity index (χ1) is 13.8. The first-order valence-electron chi connectivity index (χ1n) is 8.72. The lowest BCUT2D eigenvalue weighted by Crippen LogP contribution is -2.36. The van der Waals surface area contributed by atoms with Crippen molar-refractivity contribution in [3.63, 3.8) is 0 Å². The van der Waals surface area contributed by atoms with Crippen molar-refractivity contribution in [2.24, 2.45) is 0 Å². The zero-order valence-electron chi connectivity index (χ0n) is 14.9. The molecule has 1 heterocycles. The summed E-state index contributed by atoms with van der Waals surface area (Å²) in [4.78, 5) is 0. The van der Waals surface area contributed by atoms with Crippen molar-refractivity contribution in [2.75, 3.05) is 0 Å². The maximum atomic E-state index is 9.52. The van der Waals surface area contributed by atoms with Crippen LogP contribution in [-0.4, -0.2) is 15.7 Å². The van der Waals surface area contributed by atoms with E-state index in [1.807, 2.05) is 108 Å². The van der Waals surface area contributed by atoms with Gasteiger partial charge in [-0.15, -0.1) is 0 Å². The van der Waals surface area contributed by atoms with Gasteiger partial charge in [-0.05, 0) is 36.4 Å². The quantitative estimate of drug-likeness (QED) is 0.314. The number of benzene rings is 3. The van der Waals surface area contributed by atoms with Gasteiger partial charge in [-0.2, -0.15) is 9.83 Å². The molecule has 132 valence electrons. The molecule has 5 nitrogen and oxygen atoms in total. The van der Waals surface area contributed by atoms with Crippen LogP contribution < -0.4 is 4.57 Å². The Balaban J connectivity index is 2.14. The summed E-state index contributed by atoms with van der Waals surface area (Å²) in [7, 11) is 0. The lowest BCUT2D eigenvalue weighted by Gasteiger charge is -2.05. The van der Waals surface area contributed by atoms with Gasteiger partial charge >= 0.3 is 5.82 Å². The molecule has 0 saturated carbocycles. The normalized spacial score (nSPS) is 10.1. The number of hydrogen-bond donors (Lipinski definition) is 0. The Kier molecular flexibility index (Phi) is 4.63. The molecule has 1 aromatic heterocycles. The van der Waals surface area contributed by atoms with Crippen LogP contribution >= 0.6 is 0 Å². The summed E-state index contributed by atoms with van der Waals surface area (Å²) in [6, 6.07) is 31.1. The van der Waals surface area contributed by atoms with E-state index in [-0.39, 0.29) is 5.57 Å². The van der Waals surface area contributed by atoms with Gasteiger partial charge in [0.25, 0.3) is 5.82 Å². The van der Waals surface area contributed by atoms with Crippen LogP contribution in [0.4, 0.5) is 0 Å². The molecule has 0 unspecified atom stereocenters. The molecule has 0 aliphatic carbocycles. The lowest BCUT2D eigenvalue weighted by molar-refractivity contribution is -0.586. The first-order valence-corrected chi connectivity index (χ1v) is 8.72. The van der Waals surface area contributed by atoms with Crippen molar-refractivity contribution in [2.45, 2.75) is 0 Å². The van der Waals surface area contributed by atoms with Crippen LogP contribution in [-0.2, 0) is 0 Å². The summed E-state index contributed by atoms with van der Waals surface area (Å²) >= 11 is 0. The topological polar surface area (TPSA) is 67.8 Å². The number of nitriles is 1. The molecule has 4 aromatic rings. The zero-order chi connectivity index (χ0) is 19.3. The number of allylic oxidation sites excluding steroid dienone is 1. The minimum Gasteiger partial charge on any atom is -0.762 e. The van der Waals surface area contributed by atoms with Crippen LogP contribution in [0.1, 0.15) is 5.82 Å². The second kappa shape index (κ2) is 7.55. The number of para-hydroxylation sites is 2. The van der Waals surface area contributed by atoms with E-state index in [1.54, 1.807) is 4.68 Å². The second-order valence-electron chi connectivity index (χ2n) is 6.03. The molecule has 28 heavy (non-hydrogen) atoms. The molecule has 0 aliphatic heterocycles. The Morgan fingerprint density at radius 1 is 0.857 bits per heavy atom. The Morgan fingerprint density at radius 2 is 1.43 bits per heavy atom. The standard InChI is InChI=1S/C23H15N5/c24-16-19(17-25)22-26-28(21-14-8-3-9-15-21)23(18-10-4-1-5-11-18)27(22)20-12-6-2-7-13-20/h1-15H. The van der Waals surface area contributed by atoms with E-state index in [2.05, 4.69) is 5.10 Å². The molecule has 0 aliphatic rings. The molecule has 0 saturated heterocycles. The predicted molar refractivity (Wildman–Crippen MR) is 108 cm³/mol. The highest BCUT2D eigenvalue weighted by molar-refractivity contribution is 5.95. The van der Waals surface area contributed by atoms with Crippen LogP contribution in [0.5, 0.6) is 0 Å². The SMILES string of the molecule is N#CC(=C=[N-])c1nn(-c2ccccc2)c(-c2ccccc2)[n+]1-c1ccccc1. The molecule has 0 N–H and O–H groups in total. The van der Waals surface area contributed by atoms with Crippen LogP contribution in [0, 0.1) is 11.3 Å². The Labute approximate surface area is 162 Å². The van der Waals surface area contributed by atoms with E-state index in [4.69, 9.17) is 0 Å². The van der Waals surface area contributed by atoms with E-state index in [0.29, 0.717) is 5.82 Å². The van der Waals surface area contributed by atoms with E-state index in [0.717, 1.165) is 22.8 Å². The number of aromatic nitrogens is 3. The maximum Gasteiger partial charge on any atom is 0.331 e. The maximum absolute atomic E-state index is 9.52. The molecule has 5 heteroatoms. The minimum absolute atomic E-state index is 0.0456. The monoisotopic (exact) mass is 361 g/mol. The number of hydrogen-bond acceptors (Lipinski definition) is 2. The molecule has 3 aromatic carbocycles. The summed E-state index contributed by atoms with van der Waals surface area (Å²) in [6.07, 6.45) is 0. The van der Waals surface area contributed by atoms with Gasteiger partial charge in [0.15, 0.2) is 5.57 Å². The molecule has 0 atom stereocenters. The average Bonchev–Trinajstić information content (AvgIpc) is 3.17. The highest BCUT2D eigenvalue weighted by Crippen LogP contribution is 2.23. The smallest absolute Gasteiger partial charge is 0.331 e. The molecule has 0 amide bonds. The van der Waals surface area contributed by atoms with Crippen molar-refractivity contribution in [3.05, 3.63) is 102 Å². The van der Waals surface area contributed by atoms with Crippen molar-refractivity contribution in [1.29, 1.82) is 5.26 Å². The molecule has 0 radical (unpaired) electrons. The van der Waals surface area contributed by atoms with Crippen molar-refractivity contribution < 1.29 is 4.57 Å².